The van der Waals surface area contributed by atoms with Crippen molar-refractivity contribution < 1.29 is 53.1 Å². The van der Waals surface area contributed by atoms with E-state index < -0.39 is 0 Å². The van der Waals surface area contributed by atoms with Gasteiger partial charge in [-0.05, 0) is 145 Å². The van der Waals surface area contributed by atoms with Gasteiger partial charge in [0.2, 0.25) is 0 Å². The average Bonchev–Trinajstić information content (AvgIpc) is 2.56. The fourth-order valence-electron chi connectivity index (χ4n) is 0. The number of ketones is 10. The number of hydrogen-bond donors (Lipinski definition) is 1. The summed E-state index contributed by atoms with van der Waals surface area (Å²) >= 11 is 0. The van der Waals surface area contributed by atoms with Gasteiger partial charge in [0.15, 0.2) is 0 Å². The van der Waals surface area contributed by atoms with Gasteiger partial charge in [0.05, 0.1) is 0 Å². The van der Waals surface area contributed by atoms with Gasteiger partial charge in [-0.3, -0.25) is 0 Å². The van der Waals surface area contributed by atoms with Crippen molar-refractivity contribution >= 4 is 57.8 Å². The van der Waals surface area contributed by atoms with Crippen molar-refractivity contribution in [2.75, 3.05) is 6.61 Å². The zero-order valence-corrected chi connectivity index (χ0v) is 31.2. The van der Waals surface area contributed by atoms with E-state index >= 15 is 0 Å². The van der Waals surface area contributed by atoms with Crippen LogP contribution in [0.4, 0.5) is 0 Å². The molecular formula is C32H66O11. The number of rotatable bonds is 0. The first-order chi connectivity index (χ1) is 18.7. The first-order valence-corrected chi connectivity index (χ1v) is 13.1. The molecular weight excluding hydrogens is 560 g/mol. The molecule has 11 heteroatoms. The number of carbonyl (C=O) groups is 10. The number of Topliss-reactive ketones (excluding diaryl/α,β-unsaturated/α-hetero) is 10. The topological polar surface area (TPSA) is 191 Å². The smallest absolute Gasteiger partial charge is 0.126 e. The van der Waals surface area contributed by atoms with E-state index in [4.69, 9.17) is 5.11 Å². The van der Waals surface area contributed by atoms with Crippen LogP contribution in [0.2, 0.25) is 0 Å². The van der Waals surface area contributed by atoms with Gasteiger partial charge < -0.3 is 53.1 Å². The normalized spacial score (nSPS) is 6.47. The van der Waals surface area contributed by atoms with E-state index in [1.807, 2.05) is 0 Å². The van der Waals surface area contributed by atoms with Gasteiger partial charge >= 0.3 is 0 Å². The lowest BCUT2D eigenvalue weighted by molar-refractivity contribution is -0.115. The molecule has 0 aromatic carbocycles. The Balaban J connectivity index is -0.0000000291. The predicted molar refractivity (Wildman–Crippen MR) is 176 cm³/mol. The molecule has 0 aliphatic carbocycles. The molecule has 0 radical (unpaired) electrons. The summed E-state index contributed by atoms with van der Waals surface area (Å²) in [4.78, 5) is 94.4. The first-order valence-electron chi connectivity index (χ1n) is 13.1. The van der Waals surface area contributed by atoms with Gasteiger partial charge in [0.25, 0.3) is 0 Å². The van der Waals surface area contributed by atoms with E-state index in [0.717, 1.165) is 0 Å². The molecule has 260 valence electrons. The summed E-state index contributed by atoms with van der Waals surface area (Å²) < 4.78 is 0. The number of aliphatic hydroxyl groups is 1. The van der Waals surface area contributed by atoms with Gasteiger partial charge in [0.1, 0.15) is 57.8 Å². The molecule has 0 saturated carbocycles. The summed E-state index contributed by atoms with van der Waals surface area (Å²) in [6.07, 6.45) is 0. The van der Waals surface area contributed by atoms with Crippen molar-refractivity contribution in [3.63, 3.8) is 0 Å². The molecule has 0 aliphatic rings. The average molecular weight is 627 g/mol. The molecule has 0 rings (SSSR count). The zero-order chi connectivity index (χ0) is 38.5. The minimum Gasteiger partial charge on any atom is -0.397 e. The molecule has 0 spiro atoms. The molecule has 0 atom stereocenters. The maximum atomic E-state index is 9.44. The lowest BCUT2D eigenvalue weighted by Gasteiger charge is -1.56. The summed E-state index contributed by atoms with van der Waals surface area (Å²) in [5.41, 5.74) is 0. The van der Waals surface area contributed by atoms with Crippen LogP contribution >= 0.6 is 0 Å². The highest BCUT2D eigenvalue weighted by atomic mass is 16.2. The molecule has 0 aromatic heterocycles. The third-order valence-corrected chi connectivity index (χ3v) is 0. The molecule has 0 aromatic rings. The zero-order valence-electron chi connectivity index (χ0n) is 31.2. The van der Waals surface area contributed by atoms with E-state index in [1.54, 1.807) is 6.92 Å². The van der Waals surface area contributed by atoms with Crippen LogP contribution in [0.3, 0.4) is 0 Å². The fourth-order valence-corrected chi connectivity index (χ4v) is 0. The van der Waals surface area contributed by atoms with Crippen LogP contribution in [0.5, 0.6) is 0 Å². The molecule has 0 aliphatic heterocycles. The van der Waals surface area contributed by atoms with E-state index in [9.17, 15) is 47.9 Å². The maximum Gasteiger partial charge on any atom is 0.126 e. The van der Waals surface area contributed by atoms with Crippen LogP contribution < -0.4 is 0 Å². The molecule has 0 saturated heterocycles. The summed E-state index contributed by atoms with van der Waals surface area (Å²) in [5, 5.41) is 7.57. The van der Waals surface area contributed by atoms with E-state index in [1.165, 1.54) is 138 Å². The second kappa shape index (κ2) is 71.7. The Hall–Kier alpha value is -3.34. The minimum absolute atomic E-state index is 0.167. The predicted octanol–water partition coefficient (Wildman–Crippen LogP) is 5.95. The van der Waals surface area contributed by atoms with E-state index in [2.05, 4.69) is 0 Å². The highest BCUT2D eigenvalue weighted by Gasteiger charge is 1.65. The van der Waals surface area contributed by atoms with Crippen LogP contribution in [-0.4, -0.2) is 69.5 Å². The Morgan fingerprint density at radius 3 is 0.256 bits per heavy atom. The lowest BCUT2D eigenvalue weighted by Crippen LogP contribution is -1.69. The van der Waals surface area contributed by atoms with Crippen LogP contribution in [0, 0.1) is 0 Å². The fraction of sp³-hybridized carbons (Fsp3) is 0.688. The molecule has 0 bridgehead atoms. The van der Waals surface area contributed by atoms with Gasteiger partial charge in [0, 0.05) is 6.61 Å². The summed E-state index contributed by atoms with van der Waals surface area (Å²) in [6, 6.07) is 0. The molecule has 1 N–H and O–H groups in total. The van der Waals surface area contributed by atoms with Crippen molar-refractivity contribution in [1.82, 2.24) is 0 Å². The lowest BCUT2D eigenvalue weighted by atomic mass is 10.6. The maximum absolute atomic E-state index is 9.44. The van der Waals surface area contributed by atoms with Gasteiger partial charge in [-0.15, -0.1) is 0 Å². The van der Waals surface area contributed by atoms with Crippen molar-refractivity contribution in [2.24, 2.45) is 0 Å². The highest BCUT2D eigenvalue weighted by molar-refractivity contribution is 5.74. The van der Waals surface area contributed by atoms with E-state index in [0.29, 0.717) is 0 Å². The van der Waals surface area contributed by atoms with Crippen molar-refractivity contribution in [1.29, 1.82) is 0 Å². The van der Waals surface area contributed by atoms with Gasteiger partial charge in [-0.1, -0.05) is 0 Å². The van der Waals surface area contributed by atoms with Crippen LogP contribution in [0.25, 0.3) is 0 Å². The van der Waals surface area contributed by atoms with Crippen molar-refractivity contribution in [3.8, 4) is 0 Å². The highest BCUT2D eigenvalue weighted by Crippen LogP contribution is 1.53. The Labute approximate surface area is 263 Å². The molecule has 0 amide bonds. The SMILES string of the molecule is CC(C)=O.CC(C)=O.CC(C)=O.CC(C)=O.CC(C)=O.CC(C)=O.CC(C)=O.CC(C)=O.CC(C)=O.CC(C)=O.CCO. The first kappa shape index (κ1) is 72.2. The molecule has 0 heterocycles. The van der Waals surface area contributed by atoms with Gasteiger partial charge in [-0.2, -0.15) is 0 Å². The van der Waals surface area contributed by atoms with Gasteiger partial charge in [-0.25, -0.2) is 0 Å². The van der Waals surface area contributed by atoms with Crippen LogP contribution in [0.1, 0.15) is 145 Å². The van der Waals surface area contributed by atoms with E-state index in [-0.39, 0.29) is 64.4 Å². The van der Waals surface area contributed by atoms with Crippen LogP contribution in [-0.2, 0) is 47.9 Å². The summed E-state index contributed by atoms with van der Waals surface area (Å²) in [5.74, 6) is 1.67. The molecule has 43 heavy (non-hydrogen) atoms. The quantitative estimate of drug-likeness (QED) is 0.334. The van der Waals surface area contributed by atoms with Crippen LogP contribution in [0.15, 0.2) is 0 Å². The minimum atomic E-state index is 0.167. The van der Waals surface area contributed by atoms with Crippen molar-refractivity contribution in [3.05, 3.63) is 0 Å². The monoisotopic (exact) mass is 626 g/mol. The number of aliphatic hydroxyl groups excluding tert-OH is 1. The third-order valence-electron chi connectivity index (χ3n) is 0. The summed E-state index contributed by atoms with van der Waals surface area (Å²) in [7, 11) is 0. The Morgan fingerprint density at radius 2 is 0.256 bits per heavy atom. The Kier molecular flexibility index (Phi) is 120. The molecule has 0 unspecified atom stereocenters. The van der Waals surface area contributed by atoms with Crippen molar-refractivity contribution in [2.45, 2.75) is 145 Å². The standard InChI is InChI=1S/10C3H6O.C2H6O/c10*1-3(2)4;1-2-3/h10*1-2H3;3H,2H2,1H3. The third kappa shape index (κ3) is 4660. The Bertz CT molecular complexity index is 480. The molecule has 11 nitrogen and oxygen atoms in total. The Morgan fingerprint density at radius 1 is 0.256 bits per heavy atom. The second-order valence-electron chi connectivity index (χ2n) is 9.40. The molecule has 0 fully saturated rings. The number of hydrogen-bond acceptors (Lipinski definition) is 11. The largest absolute Gasteiger partial charge is 0.397 e. The second-order valence-corrected chi connectivity index (χ2v) is 9.40. The number of carbonyl (C=O) groups excluding carboxylic acids is 10. The summed E-state index contributed by atoms with van der Waals surface area (Å²) in [6.45, 7) is 32.5.